The maximum atomic E-state index is 12.3. The van der Waals surface area contributed by atoms with Crippen molar-refractivity contribution in [2.45, 2.75) is 19.1 Å². The molecule has 0 bridgehead atoms. The second-order valence-electron chi connectivity index (χ2n) is 7.23. The Kier molecular flexibility index (Phi) is 6.49. The summed E-state index contributed by atoms with van der Waals surface area (Å²) in [6, 6.07) is 11.5. The molecule has 1 aliphatic heterocycles. The second kappa shape index (κ2) is 8.87. The summed E-state index contributed by atoms with van der Waals surface area (Å²) in [7, 11) is 0. The largest absolute Gasteiger partial charge is 0.390 e. The highest BCUT2D eigenvalue weighted by molar-refractivity contribution is 6.32. The Hall–Kier alpha value is -2.52. The Balaban J connectivity index is 1.58. The SMILES string of the molecule is C[C@@]1(CN(O)C(=O)c2ccccc2)CO[C@H](CNC(=O)c2cccnc2Cl)[C@H]1O. The van der Waals surface area contributed by atoms with Crippen LogP contribution in [0.3, 0.4) is 0 Å². The number of nitrogens with one attached hydrogen (secondary N) is 1. The fourth-order valence-corrected chi connectivity index (χ4v) is 3.43. The van der Waals surface area contributed by atoms with Gasteiger partial charge in [-0.3, -0.25) is 14.8 Å². The first-order chi connectivity index (χ1) is 13.8. The molecule has 0 saturated carbocycles. The van der Waals surface area contributed by atoms with Gasteiger partial charge in [0.15, 0.2) is 0 Å². The summed E-state index contributed by atoms with van der Waals surface area (Å²) in [5, 5.41) is 24.2. The van der Waals surface area contributed by atoms with Gasteiger partial charge in [-0.1, -0.05) is 36.7 Å². The standard InChI is InChI=1S/C20H22ClN3O5/c1-20(11-24(28)19(27)13-6-3-2-4-7-13)12-29-15(16(20)25)10-23-18(26)14-8-5-9-22-17(14)21/h2-9,15-16,25,28H,10-12H2,1H3,(H,23,26)/t15-,16-,20-/m1/s1. The minimum Gasteiger partial charge on any atom is -0.390 e. The molecule has 0 spiro atoms. The van der Waals surface area contributed by atoms with Gasteiger partial charge < -0.3 is 15.2 Å². The van der Waals surface area contributed by atoms with Gasteiger partial charge in [-0.15, -0.1) is 0 Å². The molecule has 2 aromatic rings. The molecule has 3 rings (SSSR count). The van der Waals surface area contributed by atoms with Gasteiger partial charge >= 0.3 is 0 Å². The molecule has 2 amide bonds. The van der Waals surface area contributed by atoms with Crippen molar-refractivity contribution in [2.75, 3.05) is 19.7 Å². The molecule has 3 atom stereocenters. The molecule has 1 aromatic heterocycles. The zero-order valence-electron chi connectivity index (χ0n) is 15.8. The molecule has 1 aromatic carbocycles. The van der Waals surface area contributed by atoms with E-state index in [9.17, 15) is 19.9 Å². The lowest BCUT2D eigenvalue weighted by molar-refractivity contribution is -0.0940. The van der Waals surface area contributed by atoms with Gasteiger partial charge in [0, 0.05) is 23.7 Å². The van der Waals surface area contributed by atoms with E-state index in [0.29, 0.717) is 10.6 Å². The van der Waals surface area contributed by atoms with Crippen LogP contribution < -0.4 is 5.32 Å². The number of carbonyl (C=O) groups is 2. The molecule has 29 heavy (non-hydrogen) atoms. The molecular weight excluding hydrogens is 398 g/mol. The number of aliphatic hydroxyl groups is 1. The summed E-state index contributed by atoms with van der Waals surface area (Å²) in [6.45, 7) is 1.74. The third kappa shape index (κ3) is 4.73. The molecule has 2 heterocycles. The number of carbonyl (C=O) groups excluding carboxylic acids is 2. The minimum atomic E-state index is -1.01. The molecule has 0 aliphatic carbocycles. The Bertz CT molecular complexity index is 881. The Morgan fingerprint density at radius 1 is 1.31 bits per heavy atom. The summed E-state index contributed by atoms with van der Waals surface area (Å²) in [6.07, 6.45) is -0.226. The quantitative estimate of drug-likeness (QED) is 0.373. The van der Waals surface area contributed by atoms with Crippen LogP contribution in [0.1, 0.15) is 27.6 Å². The van der Waals surface area contributed by atoms with Gasteiger partial charge in [0.05, 0.1) is 24.8 Å². The molecule has 1 aliphatic rings. The summed E-state index contributed by atoms with van der Waals surface area (Å²) in [4.78, 5) is 28.4. The molecule has 154 valence electrons. The number of hydrogen-bond acceptors (Lipinski definition) is 6. The molecule has 0 unspecified atom stereocenters. The normalized spacial score (nSPS) is 23.6. The average Bonchev–Trinajstić information content (AvgIpc) is 3.00. The smallest absolute Gasteiger partial charge is 0.277 e. The number of nitrogens with zero attached hydrogens (tertiary/aromatic N) is 2. The number of aliphatic hydroxyl groups excluding tert-OH is 1. The second-order valence-corrected chi connectivity index (χ2v) is 7.59. The predicted molar refractivity (Wildman–Crippen MR) is 105 cm³/mol. The number of halogens is 1. The minimum absolute atomic E-state index is 0.0405. The Morgan fingerprint density at radius 3 is 2.72 bits per heavy atom. The van der Waals surface area contributed by atoms with Gasteiger partial charge in [-0.25, -0.2) is 10.0 Å². The fourth-order valence-electron chi connectivity index (χ4n) is 3.22. The highest BCUT2D eigenvalue weighted by atomic mass is 35.5. The number of benzene rings is 1. The number of pyridine rings is 1. The lowest BCUT2D eigenvalue weighted by Crippen LogP contribution is -2.47. The summed E-state index contributed by atoms with van der Waals surface area (Å²) in [5.41, 5.74) is -0.343. The summed E-state index contributed by atoms with van der Waals surface area (Å²) >= 11 is 5.91. The van der Waals surface area contributed by atoms with E-state index in [4.69, 9.17) is 16.3 Å². The molecule has 1 fully saturated rings. The zero-order valence-corrected chi connectivity index (χ0v) is 16.5. The first kappa shape index (κ1) is 21.2. The van der Waals surface area contributed by atoms with Crippen LogP contribution in [-0.2, 0) is 4.74 Å². The molecule has 9 heteroatoms. The highest BCUT2D eigenvalue weighted by Crippen LogP contribution is 2.33. The van der Waals surface area contributed by atoms with Crippen LogP contribution in [0, 0.1) is 5.41 Å². The van der Waals surface area contributed by atoms with Gasteiger partial charge in [-0.2, -0.15) is 0 Å². The lowest BCUT2D eigenvalue weighted by Gasteiger charge is -2.31. The van der Waals surface area contributed by atoms with Crippen LogP contribution in [0.25, 0.3) is 0 Å². The van der Waals surface area contributed by atoms with E-state index in [1.165, 1.54) is 6.20 Å². The molecule has 8 nitrogen and oxygen atoms in total. The topological polar surface area (TPSA) is 112 Å². The number of hydroxylamine groups is 2. The van der Waals surface area contributed by atoms with E-state index >= 15 is 0 Å². The first-order valence-electron chi connectivity index (χ1n) is 9.06. The summed E-state index contributed by atoms with van der Waals surface area (Å²) in [5.74, 6) is -1.00. The van der Waals surface area contributed by atoms with Crippen molar-refractivity contribution < 1.29 is 24.6 Å². The molecule has 0 radical (unpaired) electrons. The number of rotatable bonds is 6. The molecular formula is C20H22ClN3O5. The van der Waals surface area contributed by atoms with Crippen molar-refractivity contribution in [1.29, 1.82) is 0 Å². The third-order valence-electron chi connectivity index (χ3n) is 4.93. The summed E-state index contributed by atoms with van der Waals surface area (Å²) < 4.78 is 5.62. The predicted octanol–water partition coefficient (Wildman–Crippen LogP) is 1.76. The van der Waals surface area contributed by atoms with Crippen molar-refractivity contribution in [2.24, 2.45) is 5.41 Å². The Morgan fingerprint density at radius 2 is 2.03 bits per heavy atom. The van der Waals surface area contributed by atoms with Crippen molar-refractivity contribution in [1.82, 2.24) is 15.4 Å². The maximum absolute atomic E-state index is 12.3. The fraction of sp³-hybridized carbons (Fsp3) is 0.350. The van der Waals surface area contributed by atoms with Crippen molar-refractivity contribution in [3.63, 3.8) is 0 Å². The van der Waals surface area contributed by atoms with E-state index in [2.05, 4.69) is 10.3 Å². The maximum Gasteiger partial charge on any atom is 0.277 e. The van der Waals surface area contributed by atoms with Gasteiger partial charge in [0.1, 0.15) is 11.3 Å². The van der Waals surface area contributed by atoms with E-state index in [1.807, 2.05) is 0 Å². The number of aromatic nitrogens is 1. The molecule has 3 N–H and O–H groups in total. The first-order valence-corrected chi connectivity index (χ1v) is 9.44. The van der Waals surface area contributed by atoms with Crippen LogP contribution in [0.15, 0.2) is 48.7 Å². The third-order valence-corrected chi connectivity index (χ3v) is 5.23. The van der Waals surface area contributed by atoms with Crippen LogP contribution in [0.2, 0.25) is 5.15 Å². The number of ether oxygens (including phenoxy) is 1. The van der Waals surface area contributed by atoms with E-state index in [-0.39, 0.29) is 30.4 Å². The number of hydrogen-bond donors (Lipinski definition) is 3. The van der Waals surface area contributed by atoms with Crippen LogP contribution in [0.4, 0.5) is 0 Å². The van der Waals surface area contributed by atoms with Crippen molar-refractivity contribution in [3.8, 4) is 0 Å². The lowest BCUT2D eigenvalue weighted by atomic mass is 9.84. The zero-order chi connectivity index (χ0) is 21.0. The van der Waals surface area contributed by atoms with E-state index in [1.54, 1.807) is 49.4 Å². The Labute approximate surface area is 173 Å². The van der Waals surface area contributed by atoms with Crippen molar-refractivity contribution in [3.05, 3.63) is 64.9 Å². The molecule has 1 saturated heterocycles. The van der Waals surface area contributed by atoms with Gasteiger partial charge in [-0.05, 0) is 24.3 Å². The van der Waals surface area contributed by atoms with E-state index in [0.717, 1.165) is 0 Å². The monoisotopic (exact) mass is 419 g/mol. The van der Waals surface area contributed by atoms with Gasteiger partial charge in [0.25, 0.3) is 11.8 Å². The van der Waals surface area contributed by atoms with Crippen LogP contribution in [0.5, 0.6) is 0 Å². The van der Waals surface area contributed by atoms with Crippen molar-refractivity contribution >= 4 is 23.4 Å². The highest BCUT2D eigenvalue weighted by Gasteiger charge is 2.47. The number of amides is 2. The average molecular weight is 420 g/mol. The van der Waals surface area contributed by atoms with E-state index < -0.39 is 29.4 Å². The van der Waals surface area contributed by atoms with Crippen LogP contribution in [-0.4, -0.2) is 64.1 Å². The van der Waals surface area contributed by atoms with Crippen LogP contribution >= 0.6 is 11.6 Å². The van der Waals surface area contributed by atoms with Gasteiger partial charge in [0.2, 0.25) is 0 Å².